The van der Waals surface area contributed by atoms with Crippen LogP contribution in [0.1, 0.15) is 37.3 Å². The minimum atomic E-state index is -3.46. The van der Waals surface area contributed by atoms with Crippen LogP contribution in [0.15, 0.2) is 41.4 Å². The van der Waals surface area contributed by atoms with Gasteiger partial charge in [0, 0.05) is 44.0 Å². The minimum Gasteiger partial charge on any atom is -0.356 e. The Bertz CT molecular complexity index is 1080. The summed E-state index contributed by atoms with van der Waals surface area (Å²) < 4.78 is 37.7. The summed E-state index contributed by atoms with van der Waals surface area (Å²) >= 11 is 0. The zero-order chi connectivity index (χ0) is 22.9. The molecule has 0 aliphatic carbocycles. The molecule has 1 aromatic heterocycles. The molecule has 0 N–H and O–H groups in total. The van der Waals surface area contributed by atoms with Crippen LogP contribution < -0.4 is 4.90 Å². The molecule has 172 valence electrons. The highest BCUT2D eigenvalue weighted by Crippen LogP contribution is 2.30. The molecule has 0 saturated carbocycles. The van der Waals surface area contributed by atoms with Crippen LogP contribution in [0.2, 0.25) is 0 Å². The number of hydrogen-bond donors (Lipinski definition) is 0. The molecule has 8 heteroatoms. The molecule has 2 fully saturated rings. The number of amides is 1. The number of hydrogen-bond acceptors (Lipinski definition) is 5. The number of aromatic nitrogens is 1. The van der Waals surface area contributed by atoms with Crippen LogP contribution in [-0.2, 0) is 27.5 Å². The molecule has 3 heterocycles. The van der Waals surface area contributed by atoms with Crippen molar-refractivity contribution in [3.05, 3.63) is 53.5 Å². The smallest absolute Gasteiger partial charge is 0.226 e. The molecule has 6 nitrogen and oxygen atoms in total. The Kier molecular flexibility index (Phi) is 6.51. The van der Waals surface area contributed by atoms with Crippen molar-refractivity contribution < 1.29 is 17.6 Å². The van der Waals surface area contributed by atoms with Gasteiger partial charge in [-0.3, -0.25) is 4.79 Å². The van der Waals surface area contributed by atoms with Crippen LogP contribution in [0.5, 0.6) is 0 Å². The summed E-state index contributed by atoms with van der Waals surface area (Å²) in [6.45, 7) is 4.53. The Balaban J connectivity index is 1.35. The molecule has 0 bridgehead atoms. The van der Waals surface area contributed by atoms with E-state index in [9.17, 15) is 17.6 Å². The Morgan fingerprint density at radius 1 is 1.09 bits per heavy atom. The zero-order valence-corrected chi connectivity index (χ0v) is 19.4. The fourth-order valence-electron chi connectivity index (χ4n) is 4.72. The maximum Gasteiger partial charge on any atom is 0.226 e. The van der Waals surface area contributed by atoms with E-state index >= 15 is 0 Å². The second-order valence-electron chi connectivity index (χ2n) is 8.84. The quantitative estimate of drug-likeness (QED) is 0.663. The summed E-state index contributed by atoms with van der Waals surface area (Å²) in [6.07, 6.45) is 6.75. The molecular formula is C24H30FN3O3S. The van der Waals surface area contributed by atoms with E-state index in [0.29, 0.717) is 24.9 Å². The average Bonchev–Trinajstić information content (AvgIpc) is 3.14. The van der Waals surface area contributed by atoms with Gasteiger partial charge in [0.1, 0.15) is 11.6 Å². The predicted octanol–water partition coefficient (Wildman–Crippen LogP) is 3.25. The first kappa shape index (κ1) is 22.7. The first-order chi connectivity index (χ1) is 15.3. The topological polar surface area (TPSA) is 70.6 Å². The lowest BCUT2D eigenvalue weighted by molar-refractivity contribution is -0.133. The summed E-state index contributed by atoms with van der Waals surface area (Å²) in [4.78, 5) is 21.8. The van der Waals surface area contributed by atoms with Gasteiger partial charge < -0.3 is 9.80 Å². The number of piperidine rings is 1. The third kappa shape index (κ3) is 4.80. The molecule has 4 rings (SSSR count). The molecule has 1 atom stereocenters. The Labute approximate surface area is 189 Å². The largest absolute Gasteiger partial charge is 0.356 e. The summed E-state index contributed by atoms with van der Waals surface area (Å²) in [5.74, 6) is 0.253. The van der Waals surface area contributed by atoms with E-state index in [-0.39, 0.29) is 22.8 Å². The fourth-order valence-corrected chi connectivity index (χ4v) is 5.36. The predicted molar refractivity (Wildman–Crippen MR) is 122 cm³/mol. The second-order valence-corrected chi connectivity index (χ2v) is 10.9. The Morgan fingerprint density at radius 2 is 1.84 bits per heavy atom. The highest BCUT2D eigenvalue weighted by molar-refractivity contribution is 7.90. The van der Waals surface area contributed by atoms with E-state index in [1.807, 2.05) is 11.1 Å². The van der Waals surface area contributed by atoms with Gasteiger partial charge >= 0.3 is 0 Å². The van der Waals surface area contributed by atoms with Gasteiger partial charge in [0.15, 0.2) is 9.84 Å². The van der Waals surface area contributed by atoms with Crippen LogP contribution in [0.4, 0.5) is 10.2 Å². The van der Waals surface area contributed by atoms with Gasteiger partial charge in [-0.2, -0.15) is 0 Å². The SMILES string of the molecule is CCc1ccc(N2CCC(N3CC[C@H](Cc4ccc(S(C)(=O)=O)cc4F)C3=O)CC2)nc1. The Morgan fingerprint density at radius 3 is 2.44 bits per heavy atom. The third-order valence-electron chi connectivity index (χ3n) is 6.72. The molecular weight excluding hydrogens is 429 g/mol. The van der Waals surface area contributed by atoms with Gasteiger partial charge in [0.2, 0.25) is 5.91 Å². The van der Waals surface area contributed by atoms with Crippen molar-refractivity contribution in [2.45, 2.75) is 50.0 Å². The number of benzene rings is 1. The van der Waals surface area contributed by atoms with Crippen molar-refractivity contribution >= 4 is 21.6 Å². The molecule has 2 saturated heterocycles. The van der Waals surface area contributed by atoms with Crippen molar-refractivity contribution in [1.82, 2.24) is 9.88 Å². The van der Waals surface area contributed by atoms with E-state index in [1.54, 1.807) is 0 Å². The van der Waals surface area contributed by atoms with Crippen molar-refractivity contribution in [3.8, 4) is 0 Å². The van der Waals surface area contributed by atoms with E-state index in [4.69, 9.17) is 0 Å². The van der Waals surface area contributed by atoms with Crippen LogP contribution in [-0.4, -0.2) is 56.1 Å². The van der Waals surface area contributed by atoms with E-state index in [1.165, 1.54) is 17.7 Å². The molecule has 0 spiro atoms. The van der Waals surface area contributed by atoms with Crippen molar-refractivity contribution in [1.29, 1.82) is 0 Å². The first-order valence-corrected chi connectivity index (χ1v) is 13.1. The van der Waals surface area contributed by atoms with Gasteiger partial charge in [-0.05, 0) is 61.4 Å². The number of aryl methyl sites for hydroxylation is 1. The number of carbonyl (C=O) groups excluding carboxylic acids is 1. The zero-order valence-electron chi connectivity index (χ0n) is 18.6. The monoisotopic (exact) mass is 459 g/mol. The summed E-state index contributed by atoms with van der Waals surface area (Å²) in [6, 6.07) is 8.36. The number of sulfone groups is 1. The normalized spacial score (nSPS) is 20.2. The number of rotatable bonds is 6. The van der Waals surface area contributed by atoms with E-state index < -0.39 is 15.7 Å². The van der Waals surface area contributed by atoms with Crippen molar-refractivity contribution in [3.63, 3.8) is 0 Å². The van der Waals surface area contributed by atoms with Crippen molar-refractivity contribution in [2.75, 3.05) is 30.8 Å². The average molecular weight is 460 g/mol. The summed E-state index contributed by atoms with van der Waals surface area (Å²) in [5, 5.41) is 0. The van der Waals surface area contributed by atoms with Crippen LogP contribution in [0, 0.1) is 11.7 Å². The van der Waals surface area contributed by atoms with Gasteiger partial charge in [-0.15, -0.1) is 0 Å². The lowest BCUT2D eigenvalue weighted by atomic mass is 9.97. The van der Waals surface area contributed by atoms with Crippen LogP contribution >= 0.6 is 0 Å². The van der Waals surface area contributed by atoms with E-state index in [2.05, 4.69) is 28.9 Å². The number of likely N-dealkylation sites (tertiary alicyclic amines) is 1. The maximum absolute atomic E-state index is 14.5. The van der Waals surface area contributed by atoms with Crippen LogP contribution in [0.25, 0.3) is 0 Å². The summed E-state index contributed by atoms with van der Waals surface area (Å²) in [7, 11) is -3.46. The van der Waals surface area contributed by atoms with Crippen LogP contribution in [0.3, 0.4) is 0 Å². The number of pyridine rings is 1. The lowest BCUT2D eigenvalue weighted by Gasteiger charge is -2.37. The van der Waals surface area contributed by atoms with Gasteiger partial charge in [-0.25, -0.2) is 17.8 Å². The summed E-state index contributed by atoms with van der Waals surface area (Å²) in [5.41, 5.74) is 1.62. The number of carbonyl (C=O) groups is 1. The molecule has 1 amide bonds. The molecule has 1 aromatic carbocycles. The number of anilines is 1. The molecule has 0 unspecified atom stereocenters. The minimum absolute atomic E-state index is 0.0382. The maximum atomic E-state index is 14.5. The van der Waals surface area contributed by atoms with Gasteiger partial charge in [0.05, 0.1) is 4.90 Å². The lowest BCUT2D eigenvalue weighted by Crippen LogP contribution is -2.46. The number of halogens is 1. The fraction of sp³-hybridized carbons (Fsp3) is 0.500. The highest BCUT2D eigenvalue weighted by Gasteiger charge is 2.37. The third-order valence-corrected chi connectivity index (χ3v) is 7.83. The molecule has 32 heavy (non-hydrogen) atoms. The van der Waals surface area contributed by atoms with Crippen molar-refractivity contribution in [2.24, 2.45) is 5.92 Å². The van der Waals surface area contributed by atoms with Gasteiger partial charge in [0.25, 0.3) is 0 Å². The first-order valence-electron chi connectivity index (χ1n) is 11.2. The van der Waals surface area contributed by atoms with E-state index in [0.717, 1.165) is 50.5 Å². The standard InChI is InChI=1S/C24H30FN3O3S/c1-3-17-4-7-23(26-16-17)27-11-9-20(10-12-27)28-13-8-19(24(28)29)14-18-5-6-21(15-22(18)25)32(2,30)31/h4-7,15-16,19-20H,3,8-14H2,1-2H3/t19-/m1/s1. The molecule has 0 radical (unpaired) electrons. The highest BCUT2D eigenvalue weighted by atomic mass is 32.2. The van der Waals surface area contributed by atoms with Gasteiger partial charge in [-0.1, -0.05) is 19.1 Å². The molecule has 2 aliphatic heterocycles. The Hall–Kier alpha value is -2.48. The second kappa shape index (κ2) is 9.17. The molecule has 2 aliphatic rings. The number of nitrogens with zero attached hydrogens (tertiary/aromatic N) is 3. The molecule has 2 aromatic rings.